The fourth-order valence-electron chi connectivity index (χ4n) is 2.45. The second-order valence-corrected chi connectivity index (χ2v) is 6.06. The summed E-state index contributed by atoms with van der Waals surface area (Å²) >= 11 is 5.98. The number of ether oxygens (including phenoxy) is 2. The molecule has 0 saturated carbocycles. The van der Waals surface area contributed by atoms with E-state index in [0.29, 0.717) is 10.8 Å². The van der Waals surface area contributed by atoms with E-state index >= 15 is 0 Å². The average Bonchev–Trinajstić information content (AvgIpc) is 2.95. The lowest BCUT2D eigenvalue weighted by atomic mass is 10.1. The highest BCUT2D eigenvalue weighted by Crippen LogP contribution is 2.29. The first-order chi connectivity index (χ1) is 12.9. The molecule has 0 saturated heterocycles. The maximum atomic E-state index is 12.8. The first kappa shape index (κ1) is 18.8. The zero-order valence-electron chi connectivity index (χ0n) is 14.4. The number of aryl methyl sites for hydroxylation is 2. The monoisotopic (exact) mass is 396 g/mol. The van der Waals surface area contributed by atoms with Gasteiger partial charge in [0.1, 0.15) is 18.1 Å². The minimum Gasteiger partial charge on any atom is -0.488 e. The Kier molecular flexibility index (Phi) is 5.41. The van der Waals surface area contributed by atoms with Crippen LogP contribution in [0, 0.1) is 6.92 Å². The first-order valence-electron chi connectivity index (χ1n) is 7.82. The Morgan fingerprint density at radius 3 is 2.63 bits per heavy atom. The molecule has 0 atom stereocenters. The van der Waals surface area contributed by atoms with Crippen LogP contribution >= 0.6 is 11.6 Å². The van der Waals surface area contributed by atoms with Crippen molar-refractivity contribution in [2.75, 3.05) is 0 Å². The average molecular weight is 397 g/mol. The molecule has 3 aromatic rings. The molecule has 27 heavy (non-hydrogen) atoms. The lowest BCUT2D eigenvalue weighted by Crippen LogP contribution is -2.23. The van der Waals surface area contributed by atoms with Crippen LogP contribution in [0.2, 0.25) is 5.02 Å². The van der Waals surface area contributed by atoms with E-state index in [1.807, 2.05) is 6.92 Å². The van der Waals surface area contributed by atoms with Gasteiger partial charge in [0.05, 0.1) is 11.3 Å². The summed E-state index contributed by atoms with van der Waals surface area (Å²) < 4.78 is 38.0. The molecule has 0 fully saturated rings. The third-order valence-corrected chi connectivity index (χ3v) is 4.03. The van der Waals surface area contributed by atoms with E-state index in [4.69, 9.17) is 16.3 Å². The van der Waals surface area contributed by atoms with Gasteiger partial charge in [0.25, 0.3) is 0 Å². The number of hydrogen-bond donors (Lipinski definition) is 0. The highest BCUT2D eigenvalue weighted by molar-refractivity contribution is 6.30. The Labute approximate surface area is 157 Å². The molecule has 3 rings (SSSR count). The van der Waals surface area contributed by atoms with Crippen LogP contribution in [-0.4, -0.2) is 26.4 Å². The number of benzene rings is 2. The van der Waals surface area contributed by atoms with Crippen LogP contribution in [0.4, 0.5) is 8.78 Å². The van der Waals surface area contributed by atoms with Gasteiger partial charge in [-0.05, 0) is 47.2 Å². The summed E-state index contributed by atoms with van der Waals surface area (Å²) in [6.07, 6.45) is 0. The maximum absolute atomic E-state index is 12.8. The molecule has 1 aromatic heterocycles. The van der Waals surface area contributed by atoms with Gasteiger partial charge in [-0.2, -0.15) is 18.1 Å². The summed E-state index contributed by atoms with van der Waals surface area (Å²) in [4.78, 5) is 12.2. The van der Waals surface area contributed by atoms with Crippen LogP contribution in [0.25, 0.3) is 5.69 Å². The summed E-state index contributed by atoms with van der Waals surface area (Å²) in [5, 5.41) is 7.86. The number of tetrazole rings is 1. The molecule has 10 heteroatoms. The molecule has 0 aliphatic heterocycles. The van der Waals surface area contributed by atoms with E-state index in [9.17, 15) is 13.6 Å². The Balaban J connectivity index is 2.04. The third-order valence-electron chi connectivity index (χ3n) is 3.80. The Bertz CT molecular complexity index is 1020. The molecule has 7 nitrogen and oxygen atoms in total. The second-order valence-electron chi connectivity index (χ2n) is 5.63. The quantitative estimate of drug-likeness (QED) is 0.640. The van der Waals surface area contributed by atoms with Gasteiger partial charge in [0.2, 0.25) is 0 Å². The zero-order valence-corrected chi connectivity index (χ0v) is 15.2. The molecule has 0 unspecified atom stereocenters. The lowest BCUT2D eigenvalue weighted by Gasteiger charge is -2.16. The van der Waals surface area contributed by atoms with Gasteiger partial charge in [-0.25, -0.2) is 4.79 Å². The largest absolute Gasteiger partial charge is 0.488 e. The molecule has 0 aliphatic rings. The number of hydrogen-bond acceptors (Lipinski definition) is 5. The smallest absolute Gasteiger partial charge is 0.387 e. The Hall–Kier alpha value is -2.94. The van der Waals surface area contributed by atoms with Crippen LogP contribution in [-0.2, 0) is 13.7 Å². The zero-order chi connectivity index (χ0) is 19.6. The first-order valence-corrected chi connectivity index (χ1v) is 8.19. The number of alkyl halides is 2. The molecule has 0 radical (unpaired) electrons. The van der Waals surface area contributed by atoms with E-state index in [2.05, 4.69) is 15.2 Å². The van der Waals surface area contributed by atoms with Crippen molar-refractivity contribution >= 4 is 11.6 Å². The van der Waals surface area contributed by atoms with Gasteiger partial charge in [0.15, 0.2) is 0 Å². The molecule has 0 amide bonds. The molecular weight excluding hydrogens is 382 g/mol. The SMILES string of the molecule is Cc1ccc(Cl)cc1OCc1c(OC(F)F)cccc1-n1nnn(C)c1=O. The molecule has 0 spiro atoms. The van der Waals surface area contributed by atoms with Crippen LogP contribution in [0.15, 0.2) is 41.2 Å². The van der Waals surface area contributed by atoms with E-state index in [0.717, 1.165) is 14.9 Å². The topological polar surface area (TPSA) is 71.2 Å². The normalized spacial score (nSPS) is 11.0. The van der Waals surface area contributed by atoms with Gasteiger partial charge in [-0.1, -0.05) is 23.7 Å². The molecule has 2 aromatic carbocycles. The fourth-order valence-corrected chi connectivity index (χ4v) is 2.61. The van der Waals surface area contributed by atoms with Crippen molar-refractivity contribution in [3.8, 4) is 17.2 Å². The minimum absolute atomic E-state index is 0.125. The van der Waals surface area contributed by atoms with Crippen molar-refractivity contribution in [3.05, 3.63) is 63.0 Å². The van der Waals surface area contributed by atoms with E-state index in [1.54, 1.807) is 18.2 Å². The van der Waals surface area contributed by atoms with E-state index < -0.39 is 12.3 Å². The lowest BCUT2D eigenvalue weighted by molar-refractivity contribution is -0.0508. The van der Waals surface area contributed by atoms with Crippen molar-refractivity contribution in [1.29, 1.82) is 0 Å². The predicted octanol–water partition coefficient (Wildman–Crippen LogP) is 3.11. The minimum atomic E-state index is -3.04. The van der Waals surface area contributed by atoms with Crippen LogP contribution in [0.3, 0.4) is 0 Å². The second kappa shape index (κ2) is 7.75. The predicted molar refractivity (Wildman–Crippen MR) is 93.8 cm³/mol. The molecule has 0 aliphatic carbocycles. The van der Waals surface area contributed by atoms with E-state index in [-0.39, 0.29) is 23.6 Å². The molecule has 0 N–H and O–H groups in total. The molecule has 0 bridgehead atoms. The van der Waals surface area contributed by atoms with Gasteiger partial charge in [0, 0.05) is 12.1 Å². The van der Waals surface area contributed by atoms with Crippen LogP contribution < -0.4 is 15.2 Å². The number of nitrogens with zero attached hydrogens (tertiary/aromatic N) is 4. The number of halogens is 3. The molecular formula is C17H15ClF2N4O3. The summed E-state index contributed by atoms with van der Waals surface area (Å²) in [6.45, 7) is -1.37. The molecule has 142 valence electrons. The van der Waals surface area contributed by atoms with Crippen molar-refractivity contribution in [2.24, 2.45) is 7.05 Å². The maximum Gasteiger partial charge on any atom is 0.387 e. The standard InChI is InChI=1S/C17H15ClF2N4O3/c1-10-6-7-11(18)8-15(10)26-9-12-13(24-17(25)23(2)21-22-24)4-3-5-14(12)27-16(19)20/h3-8,16H,9H2,1-2H3. The summed E-state index contributed by atoms with van der Waals surface area (Å²) in [5.41, 5.74) is 0.722. The summed E-state index contributed by atoms with van der Waals surface area (Å²) in [7, 11) is 1.43. The third kappa shape index (κ3) is 4.08. The van der Waals surface area contributed by atoms with Crippen LogP contribution in [0.1, 0.15) is 11.1 Å². The van der Waals surface area contributed by atoms with Crippen molar-refractivity contribution < 1.29 is 18.3 Å². The van der Waals surface area contributed by atoms with Gasteiger partial charge >= 0.3 is 12.3 Å². The van der Waals surface area contributed by atoms with Crippen LogP contribution in [0.5, 0.6) is 11.5 Å². The van der Waals surface area contributed by atoms with E-state index in [1.165, 1.54) is 25.2 Å². The van der Waals surface area contributed by atoms with Crippen molar-refractivity contribution in [1.82, 2.24) is 19.8 Å². The van der Waals surface area contributed by atoms with Crippen molar-refractivity contribution in [3.63, 3.8) is 0 Å². The summed E-state index contributed by atoms with van der Waals surface area (Å²) in [6, 6.07) is 9.47. The molecule has 1 heterocycles. The Morgan fingerprint density at radius 2 is 1.96 bits per heavy atom. The number of rotatable bonds is 6. The highest BCUT2D eigenvalue weighted by Gasteiger charge is 2.18. The van der Waals surface area contributed by atoms with Crippen molar-refractivity contribution in [2.45, 2.75) is 20.1 Å². The van der Waals surface area contributed by atoms with Gasteiger partial charge in [-0.3, -0.25) is 0 Å². The Morgan fingerprint density at radius 1 is 1.19 bits per heavy atom. The van der Waals surface area contributed by atoms with Gasteiger partial charge < -0.3 is 9.47 Å². The fraction of sp³-hybridized carbons (Fsp3) is 0.235. The highest BCUT2D eigenvalue weighted by atomic mass is 35.5. The summed E-state index contributed by atoms with van der Waals surface area (Å²) in [5.74, 6) is 0.353. The number of aromatic nitrogens is 4. The van der Waals surface area contributed by atoms with Gasteiger partial charge in [-0.15, -0.1) is 0 Å².